The Bertz CT molecular complexity index is 3470. The number of benzene rings is 7. The first kappa shape index (κ1) is 28.3. The monoisotopic (exact) mass is 790 g/mol. The van der Waals surface area contributed by atoms with Crippen molar-refractivity contribution in [2.75, 3.05) is 9.80 Å². The van der Waals surface area contributed by atoms with E-state index in [0.717, 1.165) is 55.5 Å². The lowest BCUT2D eigenvalue weighted by Crippen LogP contribution is -2.61. The van der Waals surface area contributed by atoms with Crippen molar-refractivity contribution in [1.29, 1.82) is 0 Å². The summed E-state index contributed by atoms with van der Waals surface area (Å²) in [6.07, 6.45) is 0. The molecule has 0 amide bonds. The smallest absolute Gasteiger partial charge is 0.257 e. The molecule has 2 aliphatic heterocycles. The average molecular weight is 791 g/mol. The van der Waals surface area contributed by atoms with Crippen molar-refractivity contribution in [3.8, 4) is 22.3 Å². The normalized spacial score (nSPS) is 16.0. The minimum atomic E-state index is -0.479. The van der Waals surface area contributed by atoms with Gasteiger partial charge in [0.05, 0.1) is 13.7 Å². The molecule has 7 aromatic carbocycles. The first-order valence-corrected chi connectivity index (χ1v) is 20.6. The summed E-state index contributed by atoms with van der Waals surface area (Å²) in [7, 11) is 0. The molecule has 0 aliphatic carbocycles. The van der Waals surface area contributed by atoms with E-state index in [2.05, 4.69) is 127 Å². The fourth-order valence-electron chi connectivity index (χ4n) is 8.80. The summed E-state index contributed by atoms with van der Waals surface area (Å²) in [4.78, 5) is 4.35. The summed E-state index contributed by atoms with van der Waals surface area (Å²) in [5.41, 5.74) is 11.1. The number of anilines is 6. The van der Waals surface area contributed by atoms with Gasteiger partial charge in [0.25, 0.3) is 6.71 Å². The number of hydrogen-bond acceptors (Lipinski definition) is 3. The molecular formula is C56H53BN2O. The Kier molecular flexibility index (Phi) is 6.42. The minimum absolute atomic E-state index is 0.0642. The van der Waals surface area contributed by atoms with Gasteiger partial charge in [-0.2, -0.15) is 0 Å². The molecule has 0 fully saturated rings. The van der Waals surface area contributed by atoms with Gasteiger partial charge in [-0.1, -0.05) is 165 Å². The van der Waals surface area contributed by atoms with E-state index in [-0.39, 0.29) is 51.5 Å². The Balaban J connectivity index is 1.36. The second-order valence-corrected chi connectivity index (χ2v) is 19.2. The summed E-state index contributed by atoms with van der Waals surface area (Å²) in [5, 5.41) is 0.956. The van der Waals surface area contributed by atoms with Gasteiger partial charge in [0.1, 0.15) is 5.58 Å². The standard InChI is InChI=1S/C56H53BN2O/c1-54(2,3)40-24-27-43(28-25-40)59-49-35-42(56(7,8)9)34-48-52(49)57(51-45-33-41(55(4,5)6)26-30-50(45)60-53(51)59)46-29-23-39(37-19-14-11-15-20-37)32-47(46)58(48)44-22-16-21-38(31-44)36-17-12-10-13-18-36/h10-35H,1-9H3/i10D,11D,12D,13D,14D,15D,17D,18D,19D,20D. The third kappa shape index (κ3) is 6.27. The van der Waals surface area contributed by atoms with Gasteiger partial charge in [-0.25, -0.2) is 0 Å². The molecule has 0 unspecified atom stereocenters. The first-order chi connectivity index (χ1) is 32.8. The van der Waals surface area contributed by atoms with Gasteiger partial charge < -0.3 is 9.32 Å². The van der Waals surface area contributed by atoms with Crippen LogP contribution in [0.4, 0.5) is 34.3 Å². The van der Waals surface area contributed by atoms with Gasteiger partial charge in [0.15, 0.2) is 0 Å². The molecule has 10 rings (SSSR count). The van der Waals surface area contributed by atoms with Gasteiger partial charge in [0, 0.05) is 39.3 Å². The first-order valence-electron chi connectivity index (χ1n) is 25.6. The highest BCUT2D eigenvalue weighted by Crippen LogP contribution is 2.49. The van der Waals surface area contributed by atoms with Gasteiger partial charge in [-0.15, -0.1) is 0 Å². The van der Waals surface area contributed by atoms with E-state index >= 15 is 0 Å². The van der Waals surface area contributed by atoms with Crippen molar-refractivity contribution in [2.24, 2.45) is 0 Å². The Morgan fingerprint density at radius 3 is 1.67 bits per heavy atom. The molecule has 0 saturated carbocycles. The molecule has 3 nitrogen and oxygen atoms in total. The van der Waals surface area contributed by atoms with Crippen LogP contribution >= 0.6 is 0 Å². The van der Waals surface area contributed by atoms with E-state index in [0.29, 0.717) is 28.4 Å². The highest BCUT2D eigenvalue weighted by molar-refractivity contribution is 7.01. The zero-order chi connectivity index (χ0) is 50.4. The number of hydrogen-bond donors (Lipinski definition) is 0. The average Bonchev–Trinajstić information content (AvgIpc) is 3.69. The second-order valence-electron chi connectivity index (χ2n) is 19.2. The minimum Gasteiger partial charge on any atom is -0.440 e. The zero-order valence-electron chi connectivity index (χ0n) is 45.6. The highest BCUT2D eigenvalue weighted by Gasteiger charge is 2.47. The van der Waals surface area contributed by atoms with Crippen molar-refractivity contribution in [3.63, 3.8) is 0 Å². The largest absolute Gasteiger partial charge is 0.440 e. The third-order valence-electron chi connectivity index (χ3n) is 12.1. The zero-order valence-corrected chi connectivity index (χ0v) is 35.6. The Labute approximate surface area is 370 Å². The third-order valence-corrected chi connectivity index (χ3v) is 12.1. The van der Waals surface area contributed by atoms with Gasteiger partial charge >= 0.3 is 0 Å². The van der Waals surface area contributed by atoms with Crippen molar-refractivity contribution in [1.82, 2.24) is 0 Å². The van der Waals surface area contributed by atoms with Crippen molar-refractivity contribution < 1.29 is 18.1 Å². The summed E-state index contributed by atoms with van der Waals surface area (Å²) in [5.74, 6) is 0.677. The highest BCUT2D eigenvalue weighted by atomic mass is 16.4. The molecule has 0 radical (unpaired) electrons. The summed E-state index contributed by atoms with van der Waals surface area (Å²) in [6.45, 7) is 19.2. The van der Waals surface area contributed by atoms with Crippen LogP contribution in [0, 0.1) is 0 Å². The van der Waals surface area contributed by atoms with E-state index in [1.165, 1.54) is 5.56 Å². The fraction of sp³-hybridized carbons (Fsp3) is 0.214. The van der Waals surface area contributed by atoms with Gasteiger partial charge in [0.2, 0.25) is 5.88 Å². The lowest BCUT2D eigenvalue weighted by molar-refractivity contribution is 0.588. The van der Waals surface area contributed by atoms with Crippen LogP contribution in [0.2, 0.25) is 0 Å². The van der Waals surface area contributed by atoms with Gasteiger partial charge in [-0.3, -0.25) is 4.90 Å². The quantitative estimate of drug-likeness (QED) is 0.166. The maximum Gasteiger partial charge on any atom is 0.257 e. The lowest BCUT2D eigenvalue weighted by atomic mass is 9.33. The van der Waals surface area contributed by atoms with Crippen LogP contribution in [0.1, 0.15) is 92.7 Å². The molecule has 3 heterocycles. The molecule has 296 valence electrons. The molecule has 4 heteroatoms. The van der Waals surface area contributed by atoms with Crippen LogP contribution in [-0.2, 0) is 16.2 Å². The Hall–Kier alpha value is -6.26. The van der Waals surface area contributed by atoms with E-state index in [9.17, 15) is 0 Å². The topological polar surface area (TPSA) is 19.6 Å². The molecule has 2 aliphatic rings. The molecule has 0 saturated heterocycles. The molecule has 8 aromatic rings. The van der Waals surface area contributed by atoms with Crippen molar-refractivity contribution in [3.05, 3.63) is 174 Å². The van der Waals surface area contributed by atoms with Crippen molar-refractivity contribution >= 4 is 68.4 Å². The van der Waals surface area contributed by atoms with Crippen LogP contribution in [0.25, 0.3) is 33.2 Å². The van der Waals surface area contributed by atoms with E-state index in [1.807, 2.05) is 36.4 Å². The Morgan fingerprint density at radius 2 is 1.05 bits per heavy atom. The van der Waals surface area contributed by atoms with Crippen LogP contribution in [-0.4, -0.2) is 6.71 Å². The molecule has 60 heavy (non-hydrogen) atoms. The van der Waals surface area contributed by atoms with Crippen LogP contribution in [0.15, 0.2) is 162 Å². The summed E-state index contributed by atoms with van der Waals surface area (Å²) < 4.78 is 94.3. The molecular weight excluding hydrogens is 727 g/mol. The molecule has 1 aromatic heterocycles. The number of fused-ring (bicyclic) bond motifs is 6. The van der Waals surface area contributed by atoms with Crippen molar-refractivity contribution in [2.45, 2.75) is 78.6 Å². The predicted molar refractivity (Wildman–Crippen MR) is 257 cm³/mol. The SMILES string of the molecule is [2H]c1c([2H])c([2H])c(-c2cccc(N3c4cc(-c5c([2H])c([2H])c([2H])c([2H])c5[2H])ccc4B4c5c3cc(C(C)(C)C)cc5N(c3ccc(C(C)(C)C)cc3)c3oc5ccc(C(C)(C)C)cc5c34)c2)c([2H])c1[2H]. The van der Waals surface area contributed by atoms with Crippen LogP contribution in [0.3, 0.4) is 0 Å². The molecule has 0 atom stereocenters. The van der Waals surface area contributed by atoms with Crippen LogP contribution < -0.4 is 26.2 Å². The fourth-order valence-corrected chi connectivity index (χ4v) is 8.80. The van der Waals surface area contributed by atoms with E-state index < -0.39 is 43.0 Å². The molecule has 0 spiro atoms. The maximum absolute atomic E-state index is 9.07. The number of rotatable bonds is 4. The molecule has 0 bridgehead atoms. The number of nitrogens with zero attached hydrogens (tertiary/aromatic N) is 2. The lowest BCUT2D eigenvalue weighted by Gasteiger charge is -2.43. The maximum atomic E-state index is 9.07. The van der Waals surface area contributed by atoms with E-state index in [4.69, 9.17) is 18.1 Å². The van der Waals surface area contributed by atoms with E-state index in [1.54, 1.807) is 6.07 Å². The number of furan rings is 1. The predicted octanol–water partition coefficient (Wildman–Crippen LogP) is 13.7. The Morgan fingerprint density at radius 1 is 0.467 bits per heavy atom. The summed E-state index contributed by atoms with van der Waals surface area (Å²) in [6, 6.07) is 28.6. The molecule has 0 N–H and O–H groups in total. The van der Waals surface area contributed by atoms with Gasteiger partial charge in [-0.05, 0) is 121 Å². The van der Waals surface area contributed by atoms with Crippen LogP contribution in [0.5, 0.6) is 0 Å². The summed E-state index contributed by atoms with van der Waals surface area (Å²) >= 11 is 0. The second kappa shape index (κ2) is 13.6.